The van der Waals surface area contributed by atoms with E-state index in [1.54, 1.807) is 0 Å². The standard InChI is InChI=1S/C14H25N3O/c1-17-8-5-11(6-9-17)4-7-16-14(18)12-2-3-13(15)10-12/h2-3,11-13H,4-10,15H2,1H3,(H,16,18). The summed E-state index contributed by atoms with van der Waals surface area (Å²) in [7, 11) is 2.17. The van der Waals surface area contributed by atoms with Gasteiger partial charge in [-0.3, -0.25) is 4.79 Å². The van der Waals surface area contributed by atoms with Crippen molar-refractivity contribution in [2.45, 2.75) is 31.7 Å². The molecule has 0 aromatic rings. The Morgan fingerprint density at radius 2 is 2.11 bits per heavy atom. The molecule has 1 saturated heterocycles. The van der Waals surface area contributed by atoms with E-state index in [0.717, 1.165) is 25.3 Å². The summed E-state index contributed by atoms with van der Waals surface area (Å²) in [5.74, 6) is 0.924. The molecule has 0 aromatic heterocycles. The molecule has 2 aliphatic rings. The summed E-state index contributed by atoms with van der Waals surface area (Å²) in [6, 6.07) is 0.0645. The highest BCUT2D eigenvalue weighted by Crippen LogP contribution is 2.19. The summed E-state index contributed by atoms with van der Waals surface area (Å²) in [6.07, 6.45) is 8.28. The molecule has 2 atom stereocenters. The first-order valence-corrected chi connectivity index (χ1v) is 7.05. The maximum absolute atomic E-state index is 11.9. The van der Waals surface area contributed by atoms with Gasteiger partial charge in [-0.25, -0.2) is 0 Å². The molecule has 0 saturated carbocycles. The maximum atomic E-state index is 11.9. The average molecular weight is 251 g/mol. The fourth-order valence-electron chi connectivity index (χ4n) is 2.80. The number of carbonyl (C=O) groups is 1. The highest BCUT2D eigenvalue weighted by Gasteiger charge is 2.22. The molecule has 4 heteroatoms. The van der Waals surface area contributed by atoms with Gasteiger partial charge in [0.2, 0.25) is 5.91 Å². The minimum Gasteiger partial charge on any atom is -0.356 e. The lowest BCUT2D eigenvalue weighted by Gasteiger charge is -2.28. The van der Waals surface area contributed by atoms with Crippen LogP contribution in [-0.2, 0) is 4.79 Å². The molecule has 2 rings (SSSR count). The van der Waals surface area contributed by atoms with Crippen molar-refractivity contribution >= 4 is 5.91 Å². The largest absolute Gasteiger partial charge is 0.356 e. The Morgan fingerprint density at radius 3 is 2.72 bits per heavy atom. The molecular formula is C14H25N3O. The van der Waals surface area contributed by atoms with Crippen LogP contribution in [0.15, 0.2) is 12.2 Å². The summed E-state index contributed by atoms with van der Waals surface area (Å²) in [5, 5.41) is 3.04. The second kappa shape index (κ2) is 6.34. The molecule has 1 aliphatic heterocycles. The van der Waals surface area contributed by atoms with E-state index in [1.807, 2.05) is 12.2 Å². The molecule has 2 unspecified atom stereocenters. The molecule has 1 aliphatic carbocycles. The van der Waals surface area contributed by atoms with Crippen LogP contribution in [0, 0.1) is 11.8 Å². The number of nitrogens with two attached hydrogens (primary N) is 1. The van der Waals surface area contributed by atoms with Crippen molar-refractivity contribution < 1.29 is 4.79 Å². The highest BCUT2D eigenvalue weighted by atomic mass is 16.1. The van der Waals surface area contributed by atoms with Crippen LogP contribution in [0.4, 0.5) is 0 Å². The Bertz CT molecular complexity index is 308. The number of likely N-dealkylation sites (tertiary alicyclic amines) is 1. The van der Waals surface area contributed by atoms with Crippen molar-refractivity contribution in [3.05, 3.63) is 12.2 Å². The Hall–Kier alpha value is -0.870. The molecule has 0 spiro atoms. The van der Waals surface area contributed by atoms with Crippen LogP contribution in [0.2, 0.25) is 0 Å². The number of nitrogens with zero attached hydrogens (tertiary/aromatic N) is 1. The summed E-state index contributed by atoms with van der Waals surface area (Å²) < 4.78 is 0. The van der Waals surface area contributed by atoms with Crippen LogP contribution in [-0.4, -0.2) is 43.5 Å². The van der Waals surface area contributed by atoms with Gasteiger partial charge < -0.3 is 16.0 Å². The van der Waals surface area contributed by atoms with E-state index in [4.69, 9.17) is 5.73 Å². The van der Waals surface area contributed by atoms with E-state index in [1.165, 1.54) is 25.9 Å². The Morgan fingerprint density at radius 1 is 1.39 bits per heavy atom. The van der Waals surface area contributed by atoms with E-state index >= 15 is 0 Å². The number of carbonyl (C=O) groups excluding carboxylic acids is 1. The number of nitrogens with one attached hydrogen (secondary N) is 1. The molecular weight excluding hydrogens is 226 g/mol. The number of hydrogen-bond acceptors (Lipinski definition) is 3. The van der Waals surface area contributed by atoms with Gasteiger partial charge in [0.15, 0.2) is 0 Å². The lowest BCUT2D eigenvalue weighted by Crippen LogP contribution is -2.34. The Kier molecular flexibility index (Phi) is 4.78. The zero-order valence-electron chi connectivity index (χ0n) is 11.3. The molecule has 1 amide bonds. The van der Waals surface area contributed by atoms with Crippen molar-refractivity contribution in [1.29, 1.82) is 0 Å². The van der Waals surface area contributed by atoms with E-state index in [2.05, 4.69) is 17.3 Å². The van der Waals surface area contributed by atoms with Gasteiger partial charge in [0.25, 0.3) is 0 Å². The van der Waals surface area contributed by atoms with Crippen molar-refractivity contribution in [3.8, 4) is 0 Å². The predicted octanol–water partition coefficient (Wildman–Crippen LogP) is 0.738. The summed E-state index contributed by atoms with van der Waals surface area (Å²) >= 11 is 0. The first kappa shape index (κ1) is 13.6. The molecule has 0 radical (unpaired) electrons. The van der Waals surface area contributed by atoms with Gasteiger partial charge in [0.1, 0.15) is 0 Å². The van der Waals surface area contributed by atoms with Crippen molar-refractivity contribution in [1.82, 2.24) is 10.2 Å². The van der Waals surface area contributed by atoms with Crippen LogP contribution in [0.25, 0.3) is 0 Å². The van der Waals surface area contributed by atoms with Gasteiger partial charge >= 0.3 is 0 Å². The van der Waals surface area contributed by atoms with Crippen molar-refractivity contribution in [2.75, 3.05) is 26.7 Å². The maximum Gasteiger partial charge on any atom is 0.226 e. The summed E-state index contributed by atoms with van der Waals surface area (Å²) in [4.78, 5) is 14.2. The smallest absolute Gasteiger partial charge is 0.226 e. The zero-order valence-corrected chi connectivity index (χ0v) is 11.3. The van der Waals surface area contributed by atoms with Crippen LogP contribution in [0.5, 0.6) is 0 Å². The Labute approximate surface area is 110 Å². The number of piperidine rings is 1. The van der Waals surface area contributed by atoms with E-state index < -0.39 is 0 Å². The lowest BCUT2D eigenvalue weighted by atomic mass is 9.94. The van der Waals surface area contributed by atoms with Crippen LogP contribution >= 0.6 is 0 Å². The lowest BCUT2D eigenvalue weighted by molar-refractivity contribution is -0.123. The topological polar surface area (TPSA) is 58.4 Å². The number of amides is 1. The molecule has 0 aromatic carbocycles. The minimum absolute atomic E-state index is 0.00232. The molecule has 1 fully saturated rings. The average Bonchev–Trinajstić information content (AvgIpc) is 2.78. The van der Waals surface area contributed by atoms with Gasteiger partial charge in [0.05, 0.1) is 5.92 Å². The molecule has 3 N–H and O–H groups in total. The highest BCUT2D eigenvalue weighted by molar-refractivity contribution is 5.81. The van der Waals surface area contributed by atoms with E-state index in [0.29, 0.717) is 0 Å². The zero-order chi connectivity index (χ0) is 13.0. The van der Waals surface area contributed by atoms with Gasteiger partial charge in [-0.2, -0.15) is 0 Å². The van der Waals surface area contributed by atoms with Crippen LogP contribution in [0.3, 0.4) is 0 Å². The molecule has 4 nitrogen and oxygen atoms in total. The number of hydrogen-bond donors (Lipinski definition) is 2. The first-order valence-electron chi connectivity index (χ1n) is 7.05. The van der Waals surface area contributed by atoms with Gasteiger partial charge in [0, 0.05) is 12.6 Å². The molecule has 0 bridgehead atoms. The fourth-order valence-corrected chi connectivity index (χ4v) is 2.80. The minimum atomic E-state index is -0.00232. The van der Waals surface area contributed by atoms with E-state index in [-0.39, 0.29) is 17.9 Å². The molecule has 18 heavy (non-hydrogen) atoms. The Balaban J connectivity index is 1.60. The quantitative estimate of drug-likeness (QED) is 0.725. The normalized spacial score (nSPS) is 29.7. The third kappa shape index (κ3) is 3.82. The third-order valence-electron chi connectivity index (χ3n) is 4.14. The summed E-state index contributed by atoms with van der Waals surface area (Å²) in [6.45, 7) is 3.20. The van der Waals surface area contributed by atoms with Crippen molar-refractivity contribution in [3.63, 3.8) is 0 Å². The monoisotopic (exact) mass is 251 g/mol. The summed E-state index contributed by atoms with van der Waals surface area (Å²) in [5.41, 5.74) is 5.75. The number of rotatable bonds is 4. The first-order chi connectivity index (χ1) is 8.65. The van der Waals surface area contributed by atoms with E-state index in [9.17, 15) is 4.79 Å². The second-order valence-electron chi connectivity index (χ2n) is 5.72. The second-order valence-corrected chi connectivity index (χ2v) is 5.72. The van der Waals surface area contributed by atoms with Gasteiger partial charge in [-0.15, -0.1) is 0 Å². The predicted molar refractivity (Wildman–Crippen MR) is 73.1 cm³/mol. The van der Waals surface area contributed by atoms with Crippen molar-refractivity contribution in [2.24, 2.45) is 17.6 Å². The van der Waals surface area contributed by atoms with Gasteiger partial charge in [-0.1, -0.05) is 12.2 Å². The molecule has 102 valence electrons. The SMILES string of the molecule is CN1CCC(CCNC(=O)C2C=CC(N)C2)CC1. The third-order valence-corrected chi connectivity index (χ3v) is 4.14. The molecule has 1 heterocycles. The fraction of sp³-hybridized carbons (Fsp3) is 0.786. The van der Waals surface area contributed by atoms with Crippen LogP contribution in [0.1, 0.15) is 25.7 Å². The van der Waals surface area contributed by atoms with Crippen LogP contribution < -0.4 is 11.1 Å². The van der Waals surface area contributed by atoms with Gasteiger partial charge in [-0.05, 0) is 51.7 Å².